The number of halogens is 6. The van der Waals surface area contributed by atoms with Crippen LogP contribution in [0.4, 0.5) is 26.3 Å². The summed E-state index contributed by atoms with van der Waals surface area (Å²) in [4.78, 5) is 25.0. The highest BCUT2D eigenvalue weighted by Crippen LogP contribution is 2.47. The first-order valence-electron chi connectivity index (χ1n) is 9.87. The minimum absolute atomic E-state index is 0.179. The first kappa shape index (κ1) is 28.0. The summed E-state index contributed by atoms with van der Waals surface area (Å²) in [6, 6.07) is 2.78. The summed E-state index contributed by atoms with van der Waals surface area (Å²) in [6.45, 7) is 0. The third kappa shape index (κ3) is 6.43. The summed E-state index contributed by atoms with van der Waals surface area (Å²) in [5, 5.41) is 0. The van der Waals surface area contributed by atoms with E-state index in [9.17, 15) is 44.3 Å². The Morgan fingerprint density at radius 3 is 2.06 bits per heavy atom. The number of alkyl halides is 6. The number of carbonyl (C=O) groups excluding carboxylic acids is 2. The Morgan fingerprint density at radius 1 is 1.03 bits per heavy atom. The number of ether oxygens (including phenoxy) is 2. The van der Waals surface area contributed by atoms with Crippen molar-refractivity contribution in [1.82, 2.24) is 0 Å². The number of rotatable bonds is 7. The van der Waals surface area contributed by atoms with E-state index in [4.69, 9.17) is 17.1 Å². The Bertz CT molecular complexity index is 1000. The van der Waals surface area contributed by atoms with E-state index >= 15 is 0 Å². The molecule has 15 heteroatoms. The molecule has 0 aliphatic heterocycles. The Kier molecular flexibility index (Phi) is 8.34. The maximum Gasteiger partial charge on any atom is 0.438 e. The molecule has 0 amide bonds. The molecule has 1 aromatic carbocycles. The van der Waals surface area contributed by atoms with Gasteiger partial charge in [0.15, 0.2) is 0 Å². The van der Waals surface area contributed by atoms with Gasteiger partial charge in [0.1, 0.15) is 17.1 Å². The third-order valence-electron chi connectivity index (χ3n) is 5.22. The largest absolute Gasteiger partial charge is 0.438 e. The van der Waals surface area contributed by atoms with Crippen molar-refractivity contribution >= 4 is 29.9 Å². The van der Waals surface area contributed by atoms with Gasteiger partial charge in [-0.1, -0.05) is 37.2 Å². The smallest absolute Gasteiger partial charge is 0.434 e. The number of benzene rings is 1. The fourth-order valence-electron chi connectivity index (χ4n) is 3.42. The molecule has 2 radical (unpaired) electrons. The first-order chi connectivity index (χ1) is 15.5. The molecule has 0 heterocycles. The summed E-state index contributed by atoms with van der Waals surface area (Å²) >= 11 is 0. The molecule has 34 heavy (non-hydrogen) atoms. The highest BCUT2D eigenvalue weighted by Gasteiger charge is 2.76. The molecule has 0 atom stereocenters. The maximum atomic E-state index is 13.5. The second-order valence-corrected chi connectivity index (χ2v) is 9.18. The summed E-state index contributed by atoms with van der Waals surface area (Å²) in [7, 11) is -0.494. The summed E-state index contributed by atoms with van der Waals surface area (Å²) in [5.74, 6) is -7.46. The zero-order valence-electron chi connectivity index (χ0n) is 17.4. The van der Waals surface area contributed by atoms with Crippen LogP contribution >= 0.6 is 0 Å². The number of esters is 2. The quantitative estimate of drug-likeness (QED) is 0.194. The van der Waals surface area contributed by atoms with Crippen molar-refractivity contribution in [3.63, 3.8) is 0 Å². The SMILES string of the molecule is [B]Cc1ccc(C(=O)OC(CS(=O)(=O)O)(C(F)(F)F)C(F)(F)F)c(OC(=O)C2CCCCC2)c1. The van der Waals surface area contributed by atoms with Crippen LogP contribution in [0.5, 0.6) is 5.75 Å². The van der Waals surface area contributed by atoms with Crippen LogP contribution in [0.2, 0.25) is 0 Å². The highest BCUT2D eigenvalue weighted by atomic mass is 32.2. The van der Waals surface area contributed by atoms with E-state index in [1.165, 1.54) is 0 Å². The minimum Gasteiger partial charge on any atom is -0.434 e. The zero-order valence-corrected chi connectivity index (χ0v) is 18.2. The van der Waals surface area contributed by atoms with Gasteiger partial charge in [0.25, 0.3) is 10.1 Å². The molecule has 7 nitrogen and oxygen atoms in total. The summed E-state index contributed by atoms with van der Waals surface area (Å²) in [6.07, 6.45) is -10.0. The van der Waals surface area contributed by atoms with Crippen molar-refractivity contribution < 1.29 is 58.4 Å². The third-order valence-corrected chi connectivity index (χ3v) is 5.99. The second-order valence-electron chi connectivity index (χ2n) is 7.73. The number of hydrogen-bond acceptors (Lipinski definition) is 6. The molecule has 1 saturated carbocycles. The highest BCUT2D eigenvalue weighted by molar-refractivity contribution is 7.85. The van der Waals surface area contributed by atoms with Gasteiger partial charge in [0.2, 0.25) is 0 Å². The Labute approximate surface area is 191 Å². The fourth-order valence-corrected chi connectivity index (χ4v) is 4.32. The lowest BCUT2D eigenvalue weighted by Crippen LogP contribution is -2.63. The van der Waals surface area contributed by atoms with Crippen molar-refractivity contribution in [2.24, 2.45) is 5.92 Å². The van der Waals surface area contributed by atoms with Crippen LogP contribution in [0.3, 0.4) is 0 Å². The molecule has 188 valence electrons. The zero-order chi connectivity index (χ0) is 25.9. The van der Waals surface area contributed by atoms with E-state index in [0.29, 0.717) is 25.7 Å². The van der Waals surface area contributed by atoms with Crippen LogP contribution in [0.1, 0.15) is 48.0 Å². The van der Waals surface area contributed by atoms with Gasteiger partial charge in [0.05, 0.1) is 13.8 Å². The minimum atomic E-state index is -6.49. The van der Waals surface area contributed by atoms with Gasteiger partial charge < -0.3 is 9.47 Å². The van der Waals surface area contributed by atoms with Crippen LogP contribution in [0.25, 0.3) is 0 Å². The maximum absolute atomic E-state index is 13.5. The standard InChI is InChI=1S/C19H19BF6O7S/c20-9-11-6-7-13(14(8-11)32-15(27)12-4-2-1-3-5-12)16(28)33-17(18(21,22)23,19(24,25)26)10-34(29,30)31/h6-8,12H,1-5,9-10H2,(H,29,30,31). The molecule has 0 aromatic heterocycles. The van der Waals surface area contributed by atoms with Crippen molar-refractivity contribution in [1.29, 1.82) is 0 Å². The molecular formula is C19H19BF6O7S. The van der Waals surface area contributed by atoms with Crippen molar-refractivity contribution in [3.05, 3.63) is 29.3 Å². The van der Waals surface area contributed by atoms with E-state index in [0.717, 1.165) is 24.6 Å². The molecule has 1 aliphatic rings. The van der Waals surface area contributed by atoms with Gasteiger partial charge in [-0.3, -0.25) is 9.35 Å². The molecule has 1 aliphatic carbocycles. The molecule has 0 unspecified atom stereocenters. The van der Waals surface area contributed by atoms with Crippen LogP contribution < -0.4 is 4.74 Å². The van der Waals surface area contributed by atoms with E-state index in [1.807, 2.05) is 0 Å². The first-order valence-corrected chi connectivity index (χ1v) is 11.5. The average molecular weight is 516 g/mol. The average Bonchev–Trinajstić information content (AvgIpc) is 2.71. The Balaban J connectivity index is 2.50. The van der Waals surface area contributed by atoms with Gasteiger partial charge in [-0.25, -0.2) is 4.79 Å². The van der Waals surface area contributed by atoms with E-state index in [2.05, 4.69) is 4.74 Å². The molecule has 1 aromatic rings. The van der Waals surface area contributed by atoms with Crippen LogP contribution in [-0.2, 0) is 26.0 Å². The van der Waals surface area contributed by atoms with Crippen molar-refractivity contribution in [2.45, 2.75) is 56.4 Å². The van der Waals surface area contributed by atoms with Crippen LogP contribution in [-0.4, -0.2) is 56.5 Å². The molecule has 0 bridgehead atoms. The van der Waals surface area contributed by atoms with Gasteiger partial charge in [-0.05, 0) is 25.0 Å². The van der Waals surface area contributed by atoms with E-state index in [1.54, 1.807) is 0 Å². The summed E-state index contributed by atoms with van der Waals surface area (Å²) < 4.78 is 120. The number of hydrogen-bond donors (Lipinski definition) is 1. The van der Waals surface area contributed by atoms with Gasteiger partial charge in [-0.15, -0.1) is 0 Å². The Hall–Kier alpha value is -2.29. The van der Waals surface area contributed by atoms with Crippen molar-refractivity contribution in [2.75, 3.05) is 5.75 Å². The molecule has 1 N–H and O–H groups in total. The fraction of sp³-hybridized carbons (Fsp3) is 0.579. The van der Waals surface area contributed by atoms with Gasteiger partial charge in [-0.2, -0.15) is 34.8 Å². The molecule has 0 saturated heterocycles. The van der Waals surface area contributed by atoms with Crippen molar-refractivity contribution in [3.8, 4) is 5.75 Å². The van der Waals surface area contributed by atoms with E-state index in [-0.39, 0.29) is 11.9 Å². The van der Waals surface area contributed by atoms with Gasteiger partial charge in [0, 0.05) is 0 Å². The molecule has 0 spiro atoms. The topological polar surface area (TPSA) is 107 Å². The lowest BCUT2D eigenvalue weighted by Gasteiger charge is -2.35. The summed E-state index contributed by atoms with van der Waals surface area (Å²) in [5.41, 5.74) is -6.38. The monoisotopic (exact) mass is 516 g/mol. The molecular weight excluding hydrogens is 497 g/mol. The lowest BCUT2D eigenvalue weighted by molar-refractivity contribution is -0.356. The normalized spacial score (nSPS) is 16.2. The number of carbonyl (C=O) groups is 2. The van der Waals surface area contributed by atoms with Gasteiger partial charge >= 0.3 is 29.9 Å². The Morgan fingerprint density at radius 2 is 1.59 bits per heavy atom. The molecule has 2 rings (SSSR count). The predicted octanol–water partition coefficient (Wildman–Crippen LogP) is 3.75. The second kappa shape index (κ2) is 10.1. The van der Waals surface area contributed by atoms with Crippen LogP contribution in [0, 0.1) is 5.92 Å². The molecule has 1 fully saturated rings. The predicted molar refractivity (Wildman–Crippen MR) is 105 cm³/mol. The van der Waals surface area contributed by atoms with Crippen LogP contribution in [0.15, 0.2) is 18.2 Å². The lowest BCUT2D eigenvalue weighted by atomic mass is 9.89. The van der Waals surface area contributed by atoms with E-state index < -0.39 is 63.0 Å².